The SMILES string of the molecule is C[C@H](NC(=O)[C@H]1C[C@H](Cc2ccccc2)CN1)C(=O)NCc1cc(Cl)ccc1-n1cnnn1.Cl. The van der Waals surface area contributed by atoms with Gasteiger partial charge in [-0.15, -0.1) is 17.5 Å². The summed E-state index contributed by atoms with van der Waals surface area (Å²) in [5.41, 5.74) is 2.73. The van der Waals surface area contributed by atoms with Gasteiger partial charge in [0.1, 0.15) is 12.4 Å². The predicted molar refractivity (Wildman–Crippen MR) is 131 cm³/mol. The number of tetrazole rings is 1. The van der Waals surface area contributed by atoms with E-state index < -0.39 is 6.04 Å². The zero-order valence-electron chi connectivity index (χ0n) is 18.6. The van der Waals surface area contributed by atoms with Crippen molar-refractivity contribution in [1.82, 2.24) is 36.2 Å². The van der Waals surface area contributed by atoms with Crippen molar-refractivity contribution < 1.29 is 9.59 Å². The third kappa shape index (κ3) is 6.53. The minimum absolute atomic E-state index is 0. The van der Waals surface area contributed by atoms with Crippen molar-refractivity contribution in [2.75, 3.05) is 6.54 Å². The van der Waals surface area contributed by atoms with Crippen LogP contribution < -0.4 is 16.0 Å². The maximum Gasteiger partial charge on any atom is 0.242 e. The van der Waals surface area contributed by atoms with Crippen molar-refractivity contribution in [3.63, 3.8) is 0 Å². The van der Waals surface area contributed by atoms with Gasteiger partial charge >= 0.3 is 0 Å². The second-order valence-corrected chi connectivity index (χ2v) is 8.66. The van der Waals surface area contributed by atoms with E-state index in [0.717, 1.165) is 24.9 Å². The van der Waals surface area contributed by atoms with Crippen LogP contribution in [0.25, 0.3) is 5.69 Å². The average Bonchev–Trinajstić information content (AvgIpc) is 3.51. The normalized spacial score (nSPS) is 18.1. The number of benzene rings is 2. The van der Waals surface area contributed by atoms with Crippen LogP contribution in [0.15, 0.2) is 54.9 Å². The number of hydrogen-bond donors (Lipinski definition) is 3. The zero-order chi connectivity index (χ0) is 23.2. The molecule has 11 heteroatoms. The van der Waals surface area contributed by atoms with Crippen LogP contribution in [0.2, 0.25) is 5.02 Å². The molecule has 2 aromatic carbocycles. The number of hydrogen-bond acceptors (Lipinski definition) is 6. The Morgan fingerprint density at radius 2 is 2.03 bits per heavy atom. The van der Waals surface area contributed by atoms with Gasteiger partial charge in [-0.1, -0.05) is 41.9 Å². The first-order valence-corrected chi connectivity index (χ1v) is 11.2. The Bertz CT molecular complexity index is 1100. The Balaban J connectivity index is 0.00000324. The lowest BCUT2D eigenvalue weighted by Gasteiger charge is -2.18. The van der Waals surface area contributed by atoms with Crippen molar-refractivity contribution in [3.05, 3.63) is 71.0 Å². The number of nitrogens with one attached hydrogen (secondary N) is 3. The fourth-order valence-corrected chi connectivity index (χ4v) is 4.21. The highest BCUT2D eigenvalue weighted by Crippen LogP contribution is 2.20. The highest BCUT2D eigenvalue weighted by atomic mass is 35.5. The maximum atomic E-state index is 12.7. The van der Waals surface area contributed by atoms with E-state index in [4.69, 9.17) is 11.6 Å². The average molecular weight is 504 g/mol. The lowest BCUT2D eigenvalue weighted by molar-refractivity contribution is -0.129. The van der Waals surface area contributed by atoms with Crippen molar-refractivity contribution in [3.8, 4) is 5.69 Å². The Labute approximate surface area is 209 Å². The summed E-state index contributed by atoms with van der Waals surface area (Å²) in [7, 11) is 0. The highest BCUT2D eigenvalue weighted by molar-refractivity contribution is 6.30. The molecule has 180 valence electrons. The topological polar surface area (TPSA) is 114 Å². The monoisotopic (exact) mass is 503 g/mol. The van der Waals surface area contributed by atoms with E-state index in [-0.39, 0.29) is 36.8 Å². The van der Waals surface area contributed by atoms with Crippen LogP contribution in [0.5, 0.6) is 0 Å². The third-order valence-electron chi connectivity index (χ3n) is 5.75. The van der Waals surface area contributed by atoms with Gasteiger partial charge in [0.2, 0.25) is 11.8 Å². The van der Waals surface area contributed by atoms with Gasteiger partial charge in [0.05, 0.1) is 11.7 Å². The van der Waals surface area contributed by atoms with Gasteiger partial charge in [-0.25, -0.2) is 4.68 Å². The molecule has 3 N–H and O–H groups in total. The Morgan fingerprint density at radius 1 is 1.24 bits per heavy atom. The molecule has 3 aromatic rings. The second-order valence-electron chi connectivity index (χ2n) is 8.23. The fourth-order valence-electron chi connectivity index (χ4n) is 4.02. The summed E-state index contributed by atoms with van der Waals surface area (Å²) >= 11 is 6.12. The molecule has 1 aliphatic rings. The molecule has 9 nitrogen and oxygen atoms in total. The molecule has 4 rings (SSSR count). The quantitative estimate of drug-likeness (QED) is 0.433. The minimum Gasteiger partial charge on any atom is -0.350 e. The van der Waals surface area contributed by atoms with E-state index in [1.54, 1.807) is 25.1 Å². The van der Waals surface area contributed by atoms with Gasteiger partial charge in [-0.3, -0.25) is 9.59 Å². The van der Waals surface area contributed by atoms with E-state index in [0.29, 0.717) is 16.6 Å². The molecule has 1 aliphatic heterocycles. The highest BCUT2D eigenvalue weighted by Gasteiger charge is 2.30. The van der Waals surface area contributed by atoms with Gasteiger partial charge < -0.3 is 16.0 Å². The van der Waals surface area contributed by atoms with Crippen LogP contribution in [0.4, 0.5) is 0 Å². The predicted octanol–water partition coefficient (Wildman–Crippen LogP) is 2.08. The van der Waals surface area contributed by atoms with E-state index in [1.807, 2.05) is 18.2 Å². The molecule has 1 aromatic heterocycles. The molecule has 0 spiro atoms. The lowest BCUT2D eigenvalue weighted by atomic mass is 9.96. The van der Waals surface area contributed by atoms with Crippen LogP contribution in [-0.2, 0) is 22.6 Å². The molecular weight excluding hydrogens is 477 g/mol. The fraction of sp³-hybridized carbons (Fsp3) is 0.348. The summed E-state index contributed by atoms with van der Waals surface area (Å²) in [4.78, 5) is 25.3. The molecule has 2 heterocycles. The van der Waals surface area contributed by atoms with Crippen LogP contribution in [0.1, 0.15) is 24.5 Å². The first-order valence-electron chi connectivity index (χ1n) is 10.9. The van der Waals surface area contributed by atoms with E-state index >= 15 is 0 Å². The van der Waals surface area contributed by atoms with E-state index in [1.165, 1.54) is 16.6 Å². The summed E-state index contributed by atoms with van der Waals surface area (Å²) in [5, 5.41) is 20.7. The number of rotatable bonds is 8. The smallest absolute Gasteiger partial charge is 0.242 e. The molecule has 0 aliphatic carbocycles. The van der Waals surface area contributed by atoms with Gasteiger partial charge in [0, 0.05) is 11.6 Å². The molecule has 0 unspecified atom stereocenters. The van der Waals surface area contributed by atoms with Crippen molar-refractivity contribution in [2.45, 2.75) is 38.4 Å². The molecular formula is C23H27Cl2N7O2. The Morgan fingerprint density at radius 3 is 2.76 bits per heavy atom. The summed E-state index contributed by atoms with van der Waals surface area (Å²) < 4.78 is 1.50. The van der Waals surface area contributed by atoms with Crippen LogP contribution in [0, 0.1) is 5.92 Å². The summed E-state index contributed by atoms with van der Waals surface area (Å²) in [5.74, 6) is -0.0602. The largest absolute Gasteiger partial charge is 0.350 e. The summed E-state index contributed by atoms with van der Waals surface area (Å²) in [6.45, 7) is 2.67. The van der Waals surface area contributed by atoms with Crippen molar-refractivity contribution in [2.24, 2.45) is 5.92 Å². The first kappa shape index (κ1) is 25.6. The number of carbonyl (C=O) groups excluding carboxylic acids is 2. The summed E-state index contributed by atoms with van der Waals surface area (Å²) in [6, 6.07) is 14.5. The van der Waals surface area contributed by atoms with E-state index in [2.05, 4.69) is 43.6 Å². The molecule has 0 saturated carbocycles. The van der Waals surface area contributed by atoms with Gasteiger partial charge in [0.25, 0.3) is 0 Å². The number of amides is 2. The molecule has 0 bridgehead atoms. The van der Waals surface area contributed by atoms with Crippen LogP contribution in [-0.4, -0.2) is 50.7 Å². The Hall–Kier alpha value is -3.01. The second kappa shape index (κ2) is 11.9. The van der Waals surface area contributed by atoms with Gasteiger partial charge in [0.15, 0.2) is 0 Å². The first-order chi connectivity index (χ1) is 16.0. The van der Waals surface area contributed by atoms with Crippen molar-refractivity contribution >= 4 is 35.8 Å². The number of nitrogens with zero attached hydrogens (tertiary/aromatic N) is 4. The lowest BCUT2D eigenvalue weighted by Crippen LogP contribution is -2.50. The van der Waals surface area contributed by atoms with Crippen LogP contribution in [0.3, 0.4) is 0 Å². The number of aromatic nitrogens is 4. The minimum atomic E-state index is -0.678. The maximum absolute atomic E-state index is 12.7. The molecule has 1 fully saturated rings. The van der Waals surface area contributed by atoms with Gasteiger partial charge in [-0.2, -0.15) is 0 Å². The third-order valence-corrected chi connectivity index (χ3v) is 5.98. The van der Waals surface area contributed by atoms with Gasteiger partial charge in [-0.05, 0) is 72.0 Å². The molecule has 3 atom stereocenters. The molecule has 0 radical (unpaired) electrons. The molecule has 34 heavy (non-hydrogen) atoms. The standard InChI is InChI=1S/C23H26ClN7O2.ClH/c1-15(28-23(33)20-10-17(12-25-20)9-16-5-3-2-4-6-16)22(32)26-13-18-11-19(24)7-8-21(18)31-14-27-29-30-31;/h2-8,11,14-15,17,20,25H,9-10,12-13H2,1H3,(H,26,32)(H,28,33);1H/t15-,17-,20+;/m0./s1. The van der Waals surface area contributed by atoms with E-state index in [9.17, 15) is 9.59 Å². The van der Waals surface area contributed by atoms with Crippen LogP contribution >= 0.6 is 24.0 Å². The van der Waals surface area contributed by atoms with Crippen molar-refractivity contribution in [1.29, 1.82) is 0 Å². The number of halogens is 2. The Kier molecular flexibility index (Phi) is 8.98. The number of carbonyl (C=O) groups is 2. The molecule has 2 amide bonds. The zero-order valence-corrected chi connectivity index (χ0v) is 20.2. The summed E-state index contributed by atoms with van der Waals surface area (Å²) in [6.07, 6.45) is 3.14. The molecule has 1 saturated heterocycles.